The summed E-state index contributed by atoms with van der Waals surface area (Å²) in [6.45, 7) is 0. The Morgan fingerprint density at radius 2 is 2.46 bits per heavy atom. The molecule has 2 rings (SSSR count). The lowest BCUT2D eigenvalue weighted by Crippen LogP contribution is -2.19. The Balaban J connectivity index is 2.42. The molecule has 1 aliphatic carbocycles. The number of aryl methyl sites for hydroxylation is 1. The first-order valence-corrected chi connectivity index (χ1v) is 4.30. The molecule has 0 aliphatic heterocycles. The number of aliphatic carboxylic acids is 1. The van der Waals surface area contributed by atoms with Gasteiger partial charge in [-0.15, -0.1) is 0 Å². The van der Waals surface area contributed by atoms with Crippen molar-refractivity contribution >= 4 is 5.97 Å². The Morgan fingerprint density at radius 3 is 3.23 bits per heavy atom. The van der Waals surface area contributed by atoms with Gasteiger partial charge in [-0.1, -0.05) is 0 Å². The van der Waals surface area contributed by atoms with Crippen LogP contribution in [-0.2, 0) is 11.2 Å². The molecule has 4 nitrogen and oxygen atoms in total. The summed E-state index contributed by atoms with van der Waals surface area (Å²) in [7, 11) is 0. The summed E-state index contributed by atoms with van der Waals surface area (Å²) < 4.78 is 0. The Kier molecular flexibility index (Phi) is 1.96. The van der Waals surface area contributed by atoms with Crippen molar-refractivity contribution < 1.29 is 9.90 Å². The Labute approximate surface area is 75.6 Å². The second-order valence-electron chi connectivity index (χ2n) is 3.21. The van der Waals surface area contributed by atoms with Crippen molar-refractivity contribution in [3.05, 3.63) is 23.8 Å². The van der Waals surface area contributed by atoms with Crippen molar-refractivity contribution in [2.24, 2.45) is 0 Å². The largest absolute Gasteiger partial charge is 0.481 e. The lowest BCUT2D eigenvalue weighted by molar-refractivity contribution is -0.139. The normalized spacial score (nSPS) is 20.8. The third-order valence-electron chi connectivity index (χ3n) is 2.41. The molecular weight excluding hydrogens is 168 g/mol. The summed E-state index contributed by atoms with van der Waals surface area (Å²) in [6, 6.07) is 0. The summed E-state index contributed by atoms with van der Waals surface area (Å²) in [6.07, 6.45) is 5.58. The number of fused-ring (bicyclic) bond motifs is 1. The fourth-order valence-corrected chi connectivity index (χ4v) is 1.75. The van der Waals surface area contributed by atoms with Gasteiger partial charge in [0, 0.05) is 17.5 Å². The van der Waals surface area contributed by atoms with Gasteiger partial charge in [-0.05, 0) is 19.3 Å². The predicted molar refractivity (Wildman–Crippen MR) is 45.3 cm³/mol. The van der Waals surface area contributed by atoms with E-state index in [9.17, 15) is 4.79 Å². The first-order valence-electron chi connectivity index (χ1n) is 4.30. The molecule has 0 fully saturated rings. The molecule has 0 radical (unpaired) electrons. The van der Waals surface area contributed by atoms with Crippen molar-refractivity contribution in [2.45, 2.75) is 25.2 Å². The molecule has 1 N–H and O–H groups in total. The Bertz CT molecular complexity index is 338. The molecule has 0 saturated carbocycles. The SMILES string of the molecule is O=C(O)C1CCCc2ncncc21. The number of hydrogen-bond acceptors (Lipinski definition) is 3. The average molecular weight is 178 g/mol. The van der Waals surface area contributed by atoms with Crippen LogP contribution in [0.5, 0.6) is 0 Å². The molecule has 1 aromatic heterocycles. The van der Waals surface area contributed by atoms with Crippen molar-refractivity contribution in [1.29, 1.82) is 0 Å². The first kappa shape index (κ1) is 8.16. The van der Waals surface area contributed by atoms with Crippen LogP contribution in [0.15, 0.2) is 12.5 Å². The second kappa shape index (κ2) is 3.12. The van der Waals surface area contributed by atoms with Gasteiger partial charge < -0.3 is 5.11 Å². The maximum Gasteiger partial charge on any atom is 0.311 e. The quantitative estimate of drug-likeness (QED) is 0.696. The standard InChI is InChI=1S/C9H10N2O2/c12-9(13)6-2-1-3-8-7(6)4-10-5-11-8/h4-6H,1-3H2,(H,12,13). The second-order valence-corrected chi connectivity index (χ2v) is 3.21. The minimum Gasteiger partial charge on any atom is -0.481 e. The zero-order chi connectivity index (χ0) is 9.26. The highest BCUT2D eigenvalue weighted by Gasteiger charge is 2.26. The van der Waals surface area contributed by atoms with Crippen LogP contribution in [0.25, 0.3) is 0 Å². The van der Waals surface area contributed by atoms with Crippen LogP contribution in [0.3, 0.4) is 0 Å². The molecule has 0 saturated heterocycles. The molecule has 1 aromatic rings. The molecule has 0 spiro atoms. The maximum atomic E-state index is 10.9. The van der Waals surface area contributed by atoms with E-state index in [1.54, 1.807) is 6.20 Å². The number of hydrogen-bond donors (Lipinski definition) is 1. The third kappa shape index (κ3) is 1.39. The van der Waals surface area contributed by atoms with E-state index in [1.165, 1.54) is 6.33 Å². The fraction of sp³-hybridized carbons (Fsp3) is 0.444. The molecule has 0 aromatic carbocycles. The van der Waals surface area contributed by atoms with E-state index in [2.05, 4.69) is 9.97 Å². The molecule has 4 heteroatoms. The summed E-state index contributed by atoms with van der Waals surface area (Å²) in [5, 5.41) is 8.93. The number of carboxylic acids is 1. The van der Waals surface area contributed by atoms with Crippen LogP contribution < -0.4 is 0 Å². The molecular formula is C9H10N2O2. The smallest absolute Gasteiger partial charge is 0.311 e. The van der Waals surface area contributed by atoms with E-state index in [0.29, 0.717) is 6.42 Å². The van der Waals surface area contributed by atoms with Gasteiger partial charge >= 0.3 is 5.97 Å². The molecule has 1 aliphatic rings. The molecule has 68 valence electrons. The third-order valence-corrected chi connectivity index (χ3v) is 2.41. The van der Waals surface area contributed by atoms with Gasteiger partial charge in [0.05, 0.1) is 5.92 Å². The van der Waals surface area contributed by atoms with Crippen molar-refractivity contribution in [2.75, 3.05) is 0 Å². The summed E-state index contributed by atoms with van der Waals surface area (Å²) >= 11 is 0. The monoisotopic (exact) mass is 178 g/mol. The zero-order valence-electron chi connectivity index (χ0n) is 7.10. The topological polar surface area (TPSA) is 63.1 Å². The van der Waals surface area contributed by atoms with Crippen molar-refractivity contribution in [3.63, 3.8) is 0 Å². The Morgan fingerprint density at radius 1 is 1.62 bits per heavy atom. The first-order chi connectivity index (χ1) is 6.29. The summed E-state index contributed by atoms with van der Waals surface area (Å²) in [4.78, 5) is 18.8. The highest BCUT2D eigenvalue weighted by molar-refractivity contribution is 5.76. The lowest BCUT2D eigenvalue weighted by Gasteiger charge is -2.19. The van der Waals surface area contributed by atoms with E-state index in [1.807, 2.05) is 0 Å². The number of nitrogens with zero attached hydrogens (tertiary/aromatic N) is 2. The average Bonchev–Trinajstić information content (AvgIpc) is 2.17. The molecule has 1 heterocycles. The van der Waals surface area contributed by atoms with E-state index < -0.39 is 11.9 Å². The van der Waals surface area contributed by atoms with Crippen LogP contribution in [0.1, 0.15) is 30.0 Å². The lowest BCUT2D eigenvalue weighted by atomic mass is 9.87. The van der Waals surface area contributed by atoms with Crippen LogP contribution in [0.2, 0.25) is 0 Å². The van der Waals surface area contributed by atoms with Crippen LogP contribution in [0, 0.1) is 0 Å². The van der Waals surface area contributed by atoms with Gasteiger partial charge in [0.1, 0.15) is 6.33 Å². The Hall–Kier alpha value is -1.45. The van der Waals surface area contributed by atoms with Crippen LogP contribution >= 0.6 is 0 Å². The molecule has 1 unspecified atom stereocenters. The van der Waals surface area contributed by atoms with Gasteiger partial charge in [0.15, 0.2) is 0 Å². The molecule has 0 amide bonds. The van der Waals surface area contributed by atoms with Gasteiger partial charge in [0.25, 0.3) is 0 Å². The van der Waals surface area contributed by atoms with Crippen LogP contribution in [-0.4, -0.2) is 21.0 Å². The number of aromatic nitrogens is 2. The maximum absolute atomic E-state index is 10.9. The van der Waals surface area contributed by atoms with E-state index in [0.717, 1.165) is 24.1 Å². The van der Waals surface area contributed by atoms with Gasteiger partial charge in [-0.2, -0.15) is 0 Å². The summed E-state index contributed by atoms with van der Waals surface area (Å²) in [5.41, 5.74) is 1.69. The number of carbonyl (C=O) groups is 1. The minimum atomic E-state index is -0.768. The highest BCUT2D eigenvalue weighted by Crippen LogP contribution is 2.29. The van der Waals surface area contributed by atoms with Crippen LogP contribution in [0.4, 0.5) is 0 Å². The summed E-state index contributed by atoms with van der Waals surface area (Å²) in [5.74, 6) is -1.17. The van der Waals surface area contributed by atoms with Crippen molar-refractivity contribution in [1.82, 2.24) is 9.97 Å². The van der Waals surface area contributed by atoms with E-state index >= 15 is 0 Å². The minimum absolute atomic E-state index is 0.398. The molecule has 1 atom stereocenters. The highest BCUT2D eigenvalue weighted by atomic mass is 16.4. The molecule has 0 bridgehead atoms. The van der Waals surface area contributed by atoms with Gasteiger partial charge in [-0.3, -0.25) is 4.79 Å². The number of carboxylic acid groups (broad SMARTS) is 1. The van der Waals surface area contributed by atoms with Gasteiger partial charge in [0.2, 0.25) is 0 Å². The predicted octanol–water partition coefficient (Wildman–Crippen LogP) is 0.981. The van der Waals surface area contributed by atoms with E-state index in [-0.39, 0.29) is 0 Å². The fourth-order valence-electron chi connectivity index (χ4n) is 1.75. The number of rotatable bonds is 1. The van der Waals surface area contributed by atoms with E-state index in [4.69, 9.17) is 5.11 Å². The zero-order valence-corrected chi connectivity index (χ0v) is 7.10. The molecule has 13 heavy (non-hydrogen) atoms. The van der Waals surface area contributed by atoms with Crippen molar-refractivity contribution in [3.8, 4) is 0 Å². The van der Waals surface area contributed by atoms with Gasteiger partial charge in [-0.25, -0.2) is 9.97 Å².